The van der Waals surface area contributed by atoms with E-state index in [0.717, 1.165) is 6.42 Å². The van der Waals surface area contributed by atoms with Crippen molar-refractivity contribution in [3.8, 4) is 0 Å². The Kier molecular flexibility index (Phi) is 10.1. The van der Waals surface area contributed by atoms with Crippen LogP contribution in [0.5, 0.6) is 0 Å². The predicted octanol–water partition coefficient (Wildman–Crippen LogP) is -1.48. The molecule has 0 saturated heterocycles. The molecule has 0 N–H and O–H groups in total. The molecular formula is C17H20Cl2SSiZr. The summed E-state index contributed by atoms with van der Waals surface area (Å²) in [6, 6.07) is 0. The van der Waals surface area contributed by atoms with E-state index in [1.54, 1.807) is 5.57 Å². The van der Waals surface area contributed by atoms with E-state index in [9.17, 15) is 0 Å². The van der Waals surface area contributed by atoms with E-state index in [-0.39, 0.29) is 59.4 Å². The maximum Gasteiger partial charge on any atom is 2.00 e. The minimum Gasteiger partial charge on any atom is -1.00 e. The second-order valence-electron chi connectivity index (χ2n) is 5.52. The SMILES string of the molecule is CCC1=CC(C2=C3C=CC=C3SC2C=[Si](C)C)C=C1.[Cl-].[Cl-].[Zr+2]. The summed E-state index contributed by atoms with van der Waals surface area (Å²) >= 11 is 2.04. The van der Waals surface area contributed by atoms with Crippen molar-refractivity contribution in [2.75, 3.05) is 0 Å². The van der Waals surface area contributed by atoms with Gasteiger partial charge in [-0.15, -0.1) is 11.8 Å². The summed E-state index contributed by atoms with van der Waals surface area (Å²) in [5, 5.41) is 0.595. The standard InChI is InChI=1S/C17H20SSi.2ClH.Zr/c1-4-12-8-9-13(10-12)17-14-6-5-7-15(14)18-16(17)11-19(2)3;;;/h5-11,13,16H,4H2,1-3H3;2*1H;/q;;;+2/p-2. The van der Waals surface area contributed by atoms with Crippen LogP contribution in [0.25, 0.3) is 0 Å². The Morgan fingerprint density at radius 3 is 2.55 bits per heavy atom. The van der Waals surface area contributed by atoms with Gasteiger partial charge in [0, 0.05) is 24.5 Å². The minimum absolute atomic E-state index is 0. The first kappa shape index (κ1) is 22.6. The van der Waals surface area contributed by atoms with Crippen molar-refractivity contribution in [1.82, 2.24) is 0 Å². The number of allylic oxidation sites excluding steroid dienone is 8. The Bertz CT molecular complexity index is 596. The molecule has 2 aliphatic carbocycles. The zero-order chi connectivity index (χ0) is 13.4. The molecule has 0 spiro atoms. The van der Waals surface area contributed by atoms with E-state index in [0.29, 0.717) is 11.2 Å². The maximum absolute atomic E-state index is 2.59. The molecule has 0 nitrogen and oxygen atoms in total. The first-order chi connectivity index (χ1) is 9.19. The van der Waals surface area contributed by atoms with Crippen molar-refractivity contribution in [3.05, 3.63) is 58.1 Å². The molecule has 0 fully saturated rings. The Morgan fingerprint density at radius 2 is 1.95 bits per heavy atom. The Hall–Kier alpha value is 0.600. The number of rotatable bonds is 3. The van der Waals surface area contributed by atoms with Crippen LogP contribution in [0.3, 0.4) is 0 Å². The van der Waals surface area contributed by atoms with Crippen LogP contribution in [0, 0.1) is 5.92 Å². The third kappa shape index (κ3) is 4.57. The van der Waals surface area contributed by atoms with Gasteiger partial charge in [0.2, 0.25) is 0 Å². The number of fused-ring (bicyclic) bond motifs is 1. The van der Waals surface area contributed by atoms with E-state index in [4.69, 9.17) is 0 Å². The molecule has 1 aliphatic heterocycles. The molecule has 0 radical (unpaired) electrons. The zero-order valence-corrected chi connectivity index (χ0v) is 18.9. The topological polar surface area (TPSA) is 0 Å². The fourth-order valence-electron chi connectivity index (χ4n) is 2.89. The summed E-state index contributed by atoms with van der Waals surface area (Å²) < 4.78 is 0. The summed E-state index contributed by atoms with van der Waals surface area (Å²) in [5.41, 5.74) is 7.20. The normalized spacial score (nSPS) is 24.0. The largest absolute Gasteiger partial charge is 2.00 e. The summed E-state index contributed by atoms with van der Waals surface area (Å²) in [7, 11) is -0.304. The molecule has 0 amide bonds. The molecule has 0 bridgehead atoms. The summed E-state index contributed by atoms with van der Waals surface area (Å²) in [5.74, 6) is 0.522. The molecule has 3 rings (SSSR count). The summed E-state index contributed by atoms with van der Waals surface area (Å²) in [6.07, 6.45) is 15.1. The van der Waals surface area contributed by atoms with Crippen molar-refractivity contribution in [2.45, 2.75) is 31.7 Å². The first-order valence-corrected chi connectivity index (χ1v) is 10.5. The number of hydrogen-bond acceptors (Lipinski definition) is 1. The van der Waals surface area contributed by atoms with Gasteiger partial charge in [0.1, 0.15) is 0 Å². The van der Waals surface area contributed by atoms with E-state index >= 15 is 0 Å². The summed E-state index contributed by atoms with van der Waals surface area (Å²) in [6.45, 7) is 7.00. The molecule has 22 heavy (non-hydrogen) atoms. The second-order valence-corrected chi connectivity index (χ2v) is 9.19. The van der Waals surface area contributed by atoms with Crippen LogP contribution in [0.2, 0.25) is 13.1 Å². The van der Waals surface area contributed by atoms with Crippen molar-refractivity contribution in [1.29, 1.82) is 0 Å². The van der Waals surface area contributed by atoms with Gasteiger partial charge in [-0.1, -0.05) is 61.6 Å². The van der Waals surface area contributed by atoms with Gasteiger partial charge in [0.25, 0.3) is 0 Å². The van der Waals surface area contributed by atoms with Gasteiger partial charge in [0.05, 0.1) is 0 Å². The van der Waals surface area contributed by atoms with Gasteiger partial charge in [0.15, 0.2) is 0 Å². The maximum atomic E-state index is 2.59. The molecule has 0 aromatic heterocycles. The van der Waals surface area contributed by atoms with Crippen LogP contribution >= 0.6 is 11.8 Å². The number of halogens is 2. The van der Waals surface area contributed by atoms with Crippen LogP contribution in [-0.4, -0.2) is 19.3 Å². The van der Waals surface area contributed by atoms with Gasteiger partial charge >= 0.3 is 26.2 Å². The van der Waals surface area contributed by atoms with Crippen LogP contribution in [0.15, 0.2) is 58.1 Å². The average Bonchev–Trinajstić information content (AvgIpc) is 3.02. The molecule has 1 heterocycles. The molecule has 2 unspecified atom stereocenters. The van der Waals surface area contributed by atoms with Gasteiger partial charge in [-0.3, -0.25) is 0 Å². The summed E-state index contributed by atoms with van der Waals surface area (Å²) in [4.78, 5) is 1.48. The van der Waals surface area contributed by atoms with Crippen molar-refractivity contribution in [3.63, 3.8) is 0 Å². The third-order valence-corrected chi connectivity index (χ3v) is 6.31. The van der Waals surface area contributed by atoms with Crippen LogP contribution in [-0.2, 0) is 26.2 Å². The molecule has 0 saturated carbocycles. The van der Waals surface area contributed by atoms with E-state index in [1.165, 1.54) is 16.1 Å². The Labute approximate surface area is 171 Å². The van der Waals surface area contributed by atoms with Gasteiger partial charge in [-0.05, 0) is 23.6 Å². The smallest absolute Gasteiger partial charge is 1.00 e. The predicted molar refractivity (Wildman–Crippen MR) is 90.2 cm³/mol. The second kappa shape index (κ2) is 9.79. The Balaban J connectivity index is 0.00000147. The minimum atomic E-state index is -0.304. The zero-order valence-electron chi connectivity index (χ0n) is 13.1. The quantitative estimate of drug-likeness (QED) is 0.477. The van der Waals surface area contributed by atoms with Crippen LogP contribution in [0.4, 0.5) is 0 Å². The number of thioether (sulfide) groups is 1. The van der Waals surface area contributed by atoms with Gasteiger partial charge < -0.3 is 24.8 Å². The molecule has 0 aromatic carbocycles. The molecule has 3 aliphatic rings. The van der Waals surface area contributed by atoms with E-state index in [2.05, 4.69) is 62.1 Å². The monoisotopic (exact) mass is 444 g/mol. The van der Waals surface area contributed by atoms with Gasteiger partial charge in [-0.25, -0.2) is 0 Å². The average molecular weight is 447 g/mol. The molecule has 5 heteroatoms. The van der Waals surface area contributed by atoms with Crippen molar-refractivity contribution in [2.24, 2.45) is 5.92 Å². The van der Waals surface area contributed by atoms with E-state index < -0.39 is 0 Å². The molecule has 0 aromatic rings. The molecule has 2 atom stereocenters. The van der Waals surface area contributed by atoms with Gasteiger partial charge in [-0.2, -0.15) is 0 Å². The molecular weight excluding hydrogens is 426 g/mol. The van der Waals surface area contributed by atoms with Crippen LogP contribution in [0.1, 0.15) is 13.3 Å². The third-order valence-electron chi connectivity index (χ3n) is 3.81. The molecule has 116 valence electrons. The van der Waals surface area contributed by atoms with Crippen molar-refractivity contribution < 1.29 is 51.0 Å². The van der Waals surface area contributed by atoms with Crippen LogP contribution < -0.4 is 24.8 Å². The van der Waals surface area contributed by atoms with Crippen molar-refractivity contribution >= 4 is 25.8 Å². The number of hydrogen-bond donors (Lipinski definition) is 0. The fraction of sp³-hybridized carbons (Fsp3) is 0.353. The van der Waals surface area contributed by atoms with E-state index in [1.807, 2.05) is 11.8 Å². The fourth-order valence-corrected chi connectivity index (χ4v) is 5.92. The Morgan fingerprint density at radius 1 is 1.23 bits per heavy atom. The first-order valence-electron chi connectivity index (χ1n) is 7.02.